The second-order valence-corrected chi connectivity index (χ2v) is 10.4. The van der Waals surface area contributed by atoms with Crippen LogP contribution in [0.2, 0.25) is 0 Å². The molecule has 3 heterocycles. The van der Waals surface area contributed by atoms with Gasteiger partial charge in [-0.25, -0.2) is 0 Å². The van der Waals surface area contributed by atoms with Crippen LogP contribution in [0.4, 0.5) is 0 Å². The molecule has 168 valence electrons. The summed E-state index contributed by atoms with van der Waals surface area (Å²) in [6, 6.07) is 18.9. The summed E-state index contributed by atoms with van der Waals surface area (Å²) in [5.41, 5.74) is 5.92. The van der Waals surface area contributed by atoms with Crippen molar-refractivity contribution in [2.45, 2.75) is 38.4 Å². The summed E-state index contributed by atoms with van der Waals surface area (Å²) in [6.45, 7) is 5.71. The Bertz CT molecular complexity index is 1280. The van der Waals surface area contributed by atoms with E-state index < -0.39 is 0 Å². The van der Waals surface area contributed by atoms with E-state index in [9.17, 15) is 4.79 Å². The molecule has 0 spiro atoms. The number of carbonyl (C=O) groups excluding carboxylic acids is 1. The zero-order valence-corrected chi connectivity index (χ0v) is 20.5. The summed E-state index contributed by atoms with van der Waals surface area (Å²) in [7, 11) is 0. The van der Waals surface area contributed by atoms with Gasteiger partial charge in [-0.2, -0.15) is 0 Å². The molecule has 5 nitrogen and oxygen atoms in total. The number of aromatic nitrogens is 3. The van der Waals surface area contributed by atoms with Crippen LogP contribution in [0, 0.1) is 13.8 Å². The van der Waals surface area contributed by atoms with Gasteiger partial charge in [0.25, 0.3) is 0 Å². The van der Waals surface area contributed by atoms with Gasteiger partial charge < -0.3 is 4.90 Å². The predicted molar refractivity (Wildman–Crippen MR) is 134 cm³/mol. The molecule has 0 N–H and O–H groups in total. The zero-order chi connectivity index (χ0) is 22.8. The molecular weight excluding hydrogens is 448 g/mol. The predicted octanol–water partition coefficient (Wildman–Crippen LogP) is 5.21. The molecule has 1 aliphatic heterocycles. The number of carbonyl (C=O) groups is 1. The smallest absolute Gasteiger partial charge is 0.233 e. The Morgan fingerprint density at radius 3 is 2.76 bits per heavy atom. The fourth-order valence-electron chi connectivity index (χ4n) is 4.26. The molecule has 0 fully saturated rings. The first kappa shape index (κ1) is 21.9. The van der Waals surface area contributed by atoms with Crippen molar-refractivity contribution in [2.24, 2.45) is 0 Å². The van der Waals surface area contributed by atoms with E-state index in [-0.39, 0.29) is 5.91 Å². The number of benzene rings is 2. The molecular formula is C26H26N4OS2. The minimum absolute atomic E-state index is 0.150. The summed E-state index contributed by atoms with van der Waals surface area (Å²) in [5.74, 6) is 1.38. The molecule has 33 heavy (non-hydrogen) atoms. The second kappa shape index (κ2) is 9.53. The van der Waals surface area contributed by atoms with E-state index in [0.29, 0.717) is 18.7 Å². The second-order valence-electron chi connectivity index (χ2n) is 8.41. The van der Waals surface area contributed by atoms with Crippen molar-refractivity contribution < 1.29 is 4.79 Å². The summed E-state index contributed by atoms with van der Waals surface area (Å²) in [5, 5.41) is 11.9. The SMILES string of the molecule is Cc1ccc(-n2c(Cc3ccccc3)nnc2SCC(=O)N2CCc3sccc3C2)c(C)c1. The van der Waals surface area contributed by atoms with Crippen molar-refractivity contribution in [3.63, 3.8) is 0 Å². The Labute approximate surface area is 202 Å². The third kappa shape index (κ3) is 4.75. The lowest BCUT2D eigenvalue weighted by molar-refractivity contribution is -0.129. The van der Waals surface area contributed by atoms with Gasteiger partial charge in [0.1, 0.15) is 5.82 Å². The van der Waals surface area contributed by atoms with Crippen molar-refractivity contribution in [3.8, 4) is 5.69 Å². The van der Waals surface area contributed by atoms with Crippen molar-refractivity contribution in [3.05, 3.63) is 92.9 Å². The van der Waals surface area contributed by atoms with Crippen molar-refractivity contribution >= 4 is 29.0 Å². The van der Waals surface area contributed by atoms with Gasteiger partial charge in [-0.3, -0.25) is 9.36 Å². The molecule has 5 rings (SSSR count). The van der Waals surface area contributed by atoms with Crippen molar-refractivity contribution in [1.29, 1.82) is 0 Å². The molecule has 2 aromatic carbocycles. The first-order chi connectivity index (χ1) is 16.1. The number of thioether (sulfide) groups is 1. The van der Waals surface area contributed by atoms with Crippen molar-refractivity contribution in [1.82, 2.24) is 19.7 Å². The Hall–Kier alpha value is -2.90. The van der Waals surface area contributed by atoms with Crippen LogP contribution in [0.3, 0.4) is 0 Å². The highest BCUT2D eigenvalue weighted by Gasteiger charge is 2.23. The van der Waals surface area contributed by atoms with E-state index in [0.717, 1.165) is 29.6 Å². The lowest BCUT2D eigenvalue weighted by Crippen LogP contribution is -2.36. The number of amides is 1. The van der Waals surface area contributed by atoms with E-state index in [4.69, 9.17) is 0 Å². The summed E-state index contributed by atoms with van der Waals surface area (Å²) < 4.78 is 2.12. The van der Waals surface area contributed by atoms with Gasteiger partial charge in [0.15, 0.2) is 5.16 Å². The number of thiophene rings is 1. The van der Waals surface area contributed by atoms with Gasteiger partial charge in [-0.15, -0.1) is 21.5 Å². The highest BCUT2D eigenvalue weighted by molar-refractivity contribution is 7.99. The lowest BCUT2D eigenvalue weighted by Gasteiger charge is -2.26. The molecule has 0 saturated heterocycles. The molecule has 0 saturated carbocycles. The minimum Gasteiger partial charge on any atom is -0.337 e. The molecule has 7 heteroatoms. The van der Waals surface area contributed by atoms with Crippen LogP contribution in [0.25, 0.3) is 5.69 Å². The average Bonchev–Trinajstić information content (AvgIpc) is 3.45. The normalized spacial score (nSPS) is 13.2. The van der Waals surface area contributed by atoms with Crippen LogP contribution in [0.1, 0.15) is 33.0 Å². The molecule has 0 unspecified atom stereocenters. The number of rotatable bonds is 6. The summed E-state index contributed by atoms with van der Waals surface area (Å²) >= 11 is 3.26. The minimum atomic E-state index is 0.150. The molecule has 1 aliphatic rings. The van der Waals surface area contributed by atoms with Crippen LogP contribution in [-0.2, 0) is 24.2 Å². The Kier molecular flexibility index (Phi) is 6.33. The Balaban J connectivity index is 1.39. The molecule has 0 bridgehead atoms. The van der Waals surface area contributed by atoms with Crippen LogP contribution in [-0.4, -0.2) is 37.9 Å². The lowest BCUT2D eigenvalue weighted by atomic mass is 10.1. The summed E-state index contributed by atoms with van der Waals surface area (Å²) in [4.78, 5) is 16.4. The van der Waals surface area contributed by atoms with Gasteiger partial charge in [-0.1, -0.05) is 59.8 Å². The van der Waals surface area contributed by atoms with Gasteiger partial charge in [0.2, 0.25) is 5.91 Å². The highest BCUT2D eigenvalue weighted by atomic mass is 32.2. The molecule has 0 radical (unpaired) electrons. The maximum absolute atomic E-state index is 13.0. The third-order valence-electron chi connectivity index (χ3n) is 5.98. The van der Waals surface area contributed by atoms with Gasteiger partial charge in [0.05, 0.1) is 11.4 Å². The topological polar surface area (TPSA) is 51.0 Å². The van der Waals surface area contributed by atoms with Crippen molar-refractivity contribution in [2.75, 3.05) is 12.3 Å². The van der Waals surface area contributed by atoms with Crippen LogP contribution >= 0.6 is 23.1 Å². The molecule has 4 aromatic rings. The Morgan fingerprint density at radius 1 is 1.09 bits per heavy atom. The van der Waals surface area contributed by atoms with Crippen LogP contribution < -0.4 is 0 Å². The van der Waals surface area contributed by atoms with Gasteiger partial charge >= 0.3 is 0 Å². The average molecular weight is 475 g/mol. The number of fused-ring (bicyclic) bond motifs is 1. The first-order valence-electron chi connectivity index (χ1n) is 11.1. The maximum atomic E-state index is 13.0. The van der Waals surface area contributed by atoms with E-state index in [2.05, 4.69) is 70.4 Å². The molecule has 2 aromatic heterocycles. The highest BCUT2D eigenvalue weighted by Crippen LogP contribution is 2.28. The quantitative estimate of drug-likeness (QED) is 0.360. The molecule has 0 atom stereocenters. The number of aryl methyl sites for hydroxylation is 2. The monoisotopic (exact) mass is 474 g/mol. The van der Waals surface area contributed by atoms with E-state index in [1.807, 2.05) is 23.1 Å². The molecule has 0 aliphatic carbocycles. The Morgan fingerprint density at radius 2 is 1.94 bits per heavy atom. The van der Waals surface area contributed by atoms with E-state index in [1.165, 1.54) is 38.9 Å². The van der Waals surface area contributed by atoms with Crippen LogP contribution in [0.15, 0.2) is 65.1 Å². The summed E-state index contributed by atoms with van der Waals surface area (Å²) in [6.07, 6.45) is 1.63. The number of hydrogen-bond donors (Lipinski definition) is 0. The number of hydrogen-bond acceptors (Lipinski definition) is 5. The first-order valence-corrected chi connectivity index (χ1v) is 13.0. The van der Waals surface area contributed by atoms with E-state index >= 15 is 0 Å². The largest absolute Gasteiger partial charge is 0.337 e. The number of nitrogens with zero attached hydrogens (tertiary/aromatic N) is 4. The zero-order valence-electron chi connectivity index (χ0n) is 18.8. The third-order valence-corrected chi connectivity index (χ3v) is 7.92. The van der Waals surface area contributed by atoms with E-state index in [1.54, 1.807) is 11.3 Å². The fourth-order valence-corrected chi connectivity index (χ4v) is 6.02. The molecule has 1 amide bonds. The van der Waals surface area contributed by atoms with Gasteiger partial charge in [-0.05, 0) is 54.5 Å². The van der Waals surface area contributed by atoms with Gasteiger partial charge in [0, 0.05) is 24.4 Å². The fraction of sp³-hybridized carbons (Fsp3) is 0.269. The maximum Gasteiger partial charge on any atom is 0.233 e. The standard InChI is InChI=1S/C26H26N4OS2/c1-18-8-9-22(19(2)14-18)30-24(15-20-6-4-3-5-7-20)27-28-26(30)33-17-25(31)29-12-10-23-21(16-29)11-13-32-23/h3-9,11,13-14H,10,12,15-17H2,1-2H3. The van der Waals surface area contributed by atoms with Crippen LogP contribution in [0.5, 0.6) is 0 Å².